The first kappa shape index (κ1) is 12.2. The predicted molar refractivity (Wildman–Crippen MR) is 75.0 cm³/mol. The first-order valence-electron chi connectivity index (χ1n) is 6.63. The van der Waals surface area contributed by atoms with Crippen LogP contribution in [-0.2, 0) is 13.0 Å². The van der Waals surface area contributed by atoms with Crippen molar-refractivity contribution < 1.29 is 4.74 Å². The molecule has 1 N–H and O–H groups in total. The zero-order valence-corrected chi connectivity index (χ0v) is 11.7. The van der Waals surface area contributed by atoms with Crippen molar-refractivity contribution in [3.05, 3.63) is 41.0 Å². The number of nitrogens with zero attached hydrogens (tertiary/aromatic N) is 2. The summed E-state index contributed by atoms with van der Waals surface area (Å²) in [5.41, 5.74) is 4.83. The summed E-state index contributed by atoms with van der Waals surface area (Å²) < 4.78 is 7.59. The number of hydrogen-bond donors (Lipinski definition) is 1. The smallest absolute Gasteiger partial charge is 0.121 e. The van der Waals surface area contributed by atoms with E-state index in [0.29, 0.717) is 0 Å². The molecule has 0 saturated heterocycles. The Morgan fingerprint density at radius 2 is 2.16 bits per heavy atom. The lowest BCUT2D eigenvalue weighted by molar-refractivity contribution is 0.411. The van der Waals surface area contributed by atoms with Gasteiger partial charge in [-0.25, -0.2) is 4.98 Å². The Labute approximate surface area is 113 Å². The molecule has 3 rings (SSSR count). The monoisotopic (exact) mass is 257 g/mol. The van der Waals surface area contributed by atoms with E-state index in [1.54, 1.807) is 7.11 Å². The van der Waals surface area contributed by atoms with Crippen LogP contribution in [-0.4, -0.2) is 23.2 Å². The van der Waals surface area contributed by atoms with Crippen molar-refractivity contribution in [3.63, 3.8) is 0 Å². The second-order valence-corrected chi connectivity index (χ2v) is 4.97. The SMILES string of the molecule is COc1ccc(-n2c(C)nc3c2CCNC3)cc1C. The molecular formula is C15H19N3O. The van der Waals surface area contributed by atoms with Gasteiger partial charge in [-0.15, -0.1) is 0 Å². The summed E-state index contributed by atoms with van der Waals surface area (Å²) in [4.78, 5) is 4.67. The van der Waals surface area contributed by atoms with Crippen LogP contribution in [0.4, 0.5) is 0 Å². The number of hydrogen-bond acceptors (Lipinski definition) is 3. The fourth-order valence-corrected chi connectivity index (χ4v) is 2.79. The van der Waals surface area contributed by atoms with Crippen molar-refractivity contribution in [1.82, 2.24) is 14.9 Å². The Kier molecular flexibility index (Phi) is 3.03. The van der Waals surface area contributed by atoms with Crippen LogP contribution in [0.2, 0.25) is 0 Å². The number of methoxy groups -OCH3 is 1. The van der Waals surface area contributed by atoms with E-state index in [4.69, 9.17) is 4.74 Å². The van der Waals surface area contributed by atoms with E-state index >= 15 is 0 Å². The number of ether oxygens (including phenoxy) is 1. The van der Waals surface area contributed by atoms with Crippen LogP contribution < -0.4 is 10.1 Å². The zero-order chi connectivity index (χ0) is 13.4. The lowest BCUT2D eigenvalue weighted by Crippen LogP contribution is -2.24. The Bertz CT molecular complexity index is 616. The van der Waals surface area contributed by atoms with Crippen molar-refractivity contribution in [2.45, 2.75) is 26.8 Å². The maximum absolute atomic E-state index is 5.33. The van der Waals surface area contributed by atoms with Gasteiger partial charge in [0.2, 0.25) is 0 Å². The molecule has 4 nitrogen and oxygen atoms in total. The summed E-state index contributed by atoms with van der Waals surface area (Å²) in [5.74, 6) is 1.98. The number of imidazole rings is 1. The van der Waals surface area contributed by atoms with Gasteiger partial charge in [0, 0.05) is 30.9 Å². The van der Waals surface area contributed by atoms with Crippen LogP contribution >= 0.6 is 0 Å². The second kappa shape index (κ2) is 4.70. The van der Waals surface area contributed by atoms with E-state index in [-0.39, 0.29) is 0 Å². The molecule has 0 aliphatic carbocycles. The Morgan fingerprint density at radius 3 is 2.89 bits per heavy atom. The molecule has 2 heterocycles. The molecule has 0 amide bonds. The quantitative estimate of drug-likeness (QED) is 0.896. The van der Waals surface area contributed by atoms with Gasteiger partial charge in [-0.3, -0.25) is 0 Å². The molecule has 19 heavy (non-hydrogen) atoms. The van der Waals surface area contributed by atoms with Gasteiger partial charge in [0.25, 0.3) is 0 Å². The largest absolute Gasteiger partial charge is 0.496 e. The highest BCUT2D eigenvalue weighted by Crippen LogP contribution is 2.25. The van der Waals surface area contributed by atoms with E-state index < -0.39 is 0 Å². The zero-order valence-electron chi connectivity index (χ0n) is 11.7. The lowest BCUT2D eigenvalue weighted by Gasteiger charge is -2.16. The van der Waals surface area contributed by atoms with Gasteiger partial charge < -0.3 is 14.6 Å². The average molecular weight is 257 g/mol. The van der Waals surface area contributed by atoms with Gasteiger partial charge in [-0.1, -0.05) is 0 Å². The standard InChI is InChI=1S/C15H19N3O/c1-10-8-12(4-5-15(10)19-3)18-11(2)17-13-9-16-7-6-14(13)18/h4-5,8,16H,6-7,9H2,1-3H3. The molecule has 0 bridgehead atoms. The number of aryl methyl sites for hydroxylation is 2. The highest BCUT2D eigenvalue weighted by atomic mass is 16.5. The normalized spacial score (nSPS) is 14.3. The van der Waals surface area contributed by atoms with Crippen molar-refractivity contribution >= 4 is 0 Å². The van der Waals surface area contributed by atoms with Crippen LogP contribution in [0.5, 0.6) is 5.75 Å². The minimum absolute atomic E-state index is 0.873. The summed E-state index contributed by atoms with van der Waals surface area (Å²) in [6, 6.07) is 6.29. The van der Waals surface area contributed by atoms with Gasteiger partial charge in [-0.05, 0) is 37.6 Å². The fraction of sp³-hybridized carbons (Fsp3) is 0.400. The van der Waals surface area contributed by atoms with Crippen molar-refractivity contribution in [2.24, 2.45) is 0 Å². The summed E-state index contributed by atoms with van der Waals surface area (Å²) in [7, 11) is 1.71. The van der Waals surface area contributed by atoms with Gasteiger partial charge in [0.05, 0.1) is 12.8 Å². The van der Waals surface area contributed by atoms with Gasteiger partial charge in [0.15, 0.2) is 0 Å². The van der Waals surface area contributed by atoms with E-state index in [2.05, 4.69) is 40.8 Å². The molecule has 0 fully saturated rings. The van der Waals surface area contributed by atoms with E-state index in [1.807, 2.05) is 6.07 Å². The van der Waals surface area contributed by atoms with E-state index in [0.717, 1.165) is 36.6 Å². The van der Waals surface area contributed by atoms with Crippen molar-refractivity contribution in [2.75, 3.05) is 13.7 Å². The van der Waals surface area contributed by atoms with Crippen LogP contribution in [0.1, 0.15) is 22.8 Å². The van der Waals surface area contributed by atoms with E-state index in [1.165, 1.54) is 17.1 Å². The molecule has 0 spiro atoms. The first-order chi connectivity index (χ1) is 9.20. The molecule has 0 saturated carbocycles. The molecule has 1 aliphatic heterocycles. The topological polar surface area (TPSA) is 39.1 Å². The minimum atomic E-state index is 0.873. The first-order valence-corrected chi connectivity index (χ1v) is 6.63. The van der Waals surface area contributed by atoms with Crippen LogP contribution in [0, 0.1) is 13.8 Å². The fourth-order valence-electron chi connectivity index (χ4n) is 2.79. The van der Waals surface area contributed by atoms with Crippen LogP contribution in [0.3, 0.4) is 0 Å². The Balaban J connectivity index is 2.11. The summed E-state index contributed by atoms with van der Waals surface area (Å²) >= 11 is 0. The van der Waals surface area contributed by atoms with E-state index in [9.17, 15) is 0 Å². The van der Waals surface area contributed by atoms with Crippen LogP contribution in [0.15, 0.2) is 18.2 Å². The molecular weight excluding hydrogens is 238 g/mol. The van der Waals surface area contributed by atoms with Gasteiger partial charge in [0.1, 0.15) is 11.6 Å². The predicted octanol–water partition coefficient (Wildman–Crippen LogP) is 2.14. The highest BCUT2D eigenvalue weighted by molar-refractivity contribution is 5.46. The molecule has 100 valence electrons. The number of rotatable bonds is 2. The number of fused-ring (bicyclic) bond motifs is 1. The molecule has 0 radical (unpaired) electrons. The molecule has 2 aromatic rings. The maximum Gasteiger partial charge on any atom is 0.121 e. The molecule has 1 aromatic carbocycles. The average Bonchev–Trinajstić information content (AvgIpc) is 2.74. The molecule has 0 unspecified atom stereocenters. The Hall–Kier alpha value is -1.81. The van der Waals surface area contributed by atoms with Gasteiger partial charge >= 0.3 is 0 Å². The minimum Gasteiger partial charge on any atom is -0.496 e. The summed E-state index contributed by atoms with van der Waals surface area (Å²) in [6.07, 6.45) is 1.03. The highest BCUT2D eigenvalue weighted by Gasteiger charge is 2.18. The lowest BCUT2D eigenvalue weighted by atomic mass is 10.1. The summed E-state index contributed by atoms with van der Waals surface area (Å²) in [5, 5.41) is 3.37. The number of nitrogens with one attached hydrogen (secondary N) is 1. The third-order valence-electron chi connectivity index (χ3n) is 3.69. The molecule has 0 atom stereocenters. The van der Waals surface area contributed by atoms with Crippen molar-refractivity contribution in [3.8, 4) is 11.4 Å². The maximum atomic E-state index is 5.33. The van der Waals surface area contributed by atoms with Gasteiger partial charge in [-0.2, -0.15) is 0 Å². The number of aromatic nitrogens is 2. The molecule has 4 heteroatoms. The molecule has 1 aliphatic rings. The number of benzene rings is 1. The third-order valence-corrected chi connectivity index (χ3v) is 3.69. The van der Waals surface area contributed by atoms with Crippen LogP contribution in [0.25, 0.3) is 5.69 Å². The van der Waals surface area contributed by atoms with Crippen molar-refractivity contribution in [1.29, 1.82) is 0 Å². The molecule has 1 aromatic heterocycles. The summed E-state index contributed by atoms with van der Waals surface area (Å²) in [6.45, 7) is 6.03. The Morgan fingerprint density at radius 1 is 1.32 bits per heavy atom. The second-order valence-electron chi connectivity index (χ2n) is 4.97. The third kappa shape index (κ3) is 2.02.